The van der Waals surface area contributed by atoms with Crippen molar-refractivity contribution in [2.45, 2.75) is 24.9 Å². The summed E-state index contributed by atoms with van der Waals surface area (Å²) in [6.45, 7) is -2.57. The van der Waals surface area contributed by atoms with Gasteiger partial charge in [0.25, 0.3) is 0 Å². The minimum atomic E-state index is -3.10. The van der Waals surface area contributed by atoms with Gasteiger partial charge in [-0.15, -0.1) is 0 Å². The van der Waals surface area contributed by atoms with Crippen LogP contribution in [0.4, 0.5) is 0 Å². The zero-order chi connectivity index (χ0) is 21.5. The molecule has 1 fully saturated rings. The van der Waals surface area contributed by atoms with Crippen LogP contribution in [0.25, 0.3) is 0 Å². The van der Waals surface area contributed by atoms with Crippen molar-refractivity contribution >= 4 is 18.6 Å². The zero-order valence-electron chi connectivity index (χ0n) is 16.1. The molecule has 0 saturated carbocycles. The van der Waals surface area contributed by atoms with Crippen LogP contribution in [-0.2, 0) is 11.2 Å². The summed E-state index contributed by atoms with van der Waals surface area (Å²) in [4.78, 5) is 25.9. The molecule has 0 radical (unpaired) electrons. The summed E-state index contributed by atoms with van der Waals surface area (Å²) in [7, 11) is 0. The number of amides is 1. The van der Waals surface area contributed by atoms with E-state index < -0.39 is 24.9 Å². The van der Waals surface area contributed by atoms with Crippen molar-refractivity contribution in [1.29, 1.82) is 0 Å². The summed E-state index contributed by atoms with van der Waals surface area (Å²) in [5.41, 5.74) is 7.07. The number of hydrogen-bond donors (Lipinski definition) is 4. The average Bonchev–Trinajstić information content (AvgIpc) is 2.68. The second-order valence-corrected chi connectivity index (χ2v) is 7.62. The SMILES string of the molecule is NC(C(=O)N1CC(Oc2ccc3c(c2C(=O)O)O[B-](O)(O)CC3)C1)c1ccccc1. The maximum absolute atomic E-state index is 12.5. The molecule has 0 aliphatic carbocycles. The van der Waals surface area contributed by atoms with Gasteiger partial charge in [0.2, 0.25) is 5.91 Å². The number of nitrogens with two attached hydrogens (primary N) is 1. The second-order valence-electron chi connectivity index (χ2n) is 7.62. The Labute approximate surface area is 172 Å². The number of hydrogen-bond acceptors (Lipinski definition) is 7. The van der Waals surface area contributed by atoms with Gasteiger partial charge in [-0.3, -0.25) is 4.79 Å². The van der Waals surface area contributed by atoms with Crippen LogP contribution in [0.1, 0.15) is 27.5 Å². The monoisotopic (exact) mass is 413 g/mol. The number of carboxylic acid groups (broad SMARTS) is 1. The number of benzene rings is 2. The lowest BCUT2D eigenvalue weighted by molar-refractivity contribution is -0.141. The fraction of sp³-hybridized carbons (Fsp3) is 0.300. The summed E-state index contributed by atoms with van der Waals surface area (Å²) >= 11 is 0. The minimum absolute atomic E-state index is 0.00632. The smallest absolute Gasteiger partial charge is 0.430 e. The largest absolute Gasteiger partial charge is 0.669 e. The molecule has 1 atom stereocenters. The molecule has 2 aliphatic rings. The van der Waals surface area contributed by atoms with E-state index in [2.05, 4.69) is 0 Å². The van der Waals surface area contributed by atoms with E-state index >= 15 is 0 Å². The van der Waals surface area contributed by atoms with Crippen molar-refractivity contribution in [1.82, 2.24) is 4.90 Å². The number of likely N-dealkylation sites (tertiary alicyclic amines) is 1. The topological polar surface area (TPSA) is 143 Å². The molecule has 1 saturated heterocycles. The van der Waals surface area contributed by atoms with Crippen molar-refractivity contribution in [3.05, 3.63) is 59.2 Å². The van der Waals surface area contributed by atoms with Gasteiger partial charge in [0.05, 0.1) is 18.8 Å². The predicted octanol–water partition coefficient (Wildman–Crippen LogP) is 0.533. The van der Waals surface area contributed by atoms with Crippen LogP contribution in [0, 0.1) is 0 Å². The van der Waals surface area contributed by atoms with Crippen LogP contribution >= 0.6 is 0 Å². The van der Waals surface area contributed by atoms with Crippen molar-refractivity contribution in [3.63, 3.8) is 0 Å². The summed E-state index contributed by atoms with van der Waals surface area (Å²) in [6, 6.07) is 11.4. The highest BCUT2D eigenvalue weighted by molar-refractivity contribution is 6.59. The van der Waals surface area contributed by atoms with Gasteiger partial charge in [-0.05, 0) is 23.6 Å². The Hall–Kier alpha value is -3.08. The first-order valence-corrected chi connectivity index (χ1v) is 9.69. The number of ether oxygens (including phenoxy) is 1. The number of rotatable bonds is 5. The molecule has 2 aromatic rings. The van der Waals surface area contributed by atoms with Crippen molar-refractivity contribution in [2.24, 2.45) is 5.73 Å². The quantitative estimate of drug-likeness (QED) is 0.520. The Morgan fingerprint density at radius 3 is 2.53 bits per heavy atom. The maximum Gasteiger partial charge on any atom is 0.430 e. The molecule has 9 nitrogen and oxygen atoms in total. The Kier molecular flexibility index (Phi) is 5.14. The van der Waals surface area contributed by atoms with E-state index in [1.165, 1.54) is 6.07 Å². The molecule has 2 heterocycles. The molecule has 158 valence electrons. The summed E-state index contributed by atoms with van der Waals surface area (Å²) in [5.74, 6) is -1.57. The molecule has 0 spiro atoms. The number of carboxylic acids is 1. The van der Waals surface area contributed by atoms with Gasteiger partial charge in [-0.1, -0.05) is 42.7 Å². The van der Waals surface area contributed by atoms with Gasteiger partial charge >= 0.3 is 12.7 Å². The fourth-order valence-electron chi connectivity index (χ4n) is 3.70. The highest BCUT2D eigenvalue weighted by atomic mass is 16.6. The van der Waals surface area contributed by atoms with Crippen LogP contribution in [0.2, 0.25) is 6.32 Å². The molecular formula is C20H22BN2O7-. The van der Waals surface area contributed by atoms with E-state index in [1.807, 2.05) is 18.2 Å². The molecule has 0 aromatic heterocycles. The highest BCUT2D eigenvalue weighted by Gasteiger charge is 2.37. The van der Waals surface area contributed by atoms with Crippen LogP contribution in [0.5, 0.6) is 11.5 Å². The molecule has 5 N–H and O–H groups in total. The number of carbonyl (C=O) groups excluding carboxylic acids is 1. The standard InChI is InChI=1S/C20H22BN2O7/c22-17(12-4-2-1-3-5-12)19(24)23-10-14(11-23)29-15-7-6-13-8-9-21(27,28)30-18(13)16(15)20(25)26/h1-7,14,17,27-28H,8-11,22H2,(H,25,26)/q-1. The third-order valence-corrected chi connectivity index (χ3v) is 5.39. The van der Waals surface area contributed by atoms with Gasteiger partial charge in [-0.25, -0.2) is 4.79 Å². The van der Waals surface area contributed by atoms with Crippen LogP contribution in [0.15, 0.2) is 42.5 Å². The van der Waals surface area contributed by atoms with Crippen LogP contribution in [-0.4, -0.2) is 57.9 Å². The lowest BCUT2D eigenvalue weighted by Crippen LogP contribution is -2.58. The van der Waals surface area contributed by atoms with E-state index in [-0.39, 0.29) is 48.8 Å². The molecule has 2 aliphatic heterocycles. The number of aromatic carboxylic acids is 1. The normalized spacial score (nSPS) is 18.6. The summed E-state index contributed by atoms with van der Waals surface area (Å²) in [6.07, 6.45) is -0.130. The summed E-state index contributed by atoms with van der Waals surface area (Å²) < 4.78 is 10.9. The first-order valence-electron chi connectivity index (χ1n) is 9.69. The second kappa shape index (κ2) is 7.64. The Morgan fingerprint density at radius 1 is 1.17 bits per heavy atom. The number of nitrogens with zero attached hydrogens (tertiary/aromatic N) is 1. The molecule has 4 rings (SSSR count). The highest BCUT2D eigenvalue weighted by Crippen LogP contribution is 2.39. The number of carbonyl (C=O) groups is 2. The van der Waals surface area contributed by atoms with Gasteiger partial charge < -0.3 is 35.2 Å². The lowest BCUT2D eigenvalue weighted by Gasteiger charge is -2.41. The van der Waals surface area contributed by atoms with Crippen molar-refractivity contribution < 1.29 is 34.1 Å². The third-order valence-electron chi connectivity index (χ3n) is 5.39. The Morgan fingerprint density at radius 2 is 1.87 bits per heavy atom. The molecule has 30 heavy (non-hydrogen) atoms. The first-order chi connectivity index (χ1) is 14.2. The zero-order valence-corrected chi connectivity index (χ0v) is 16.1. The van der Waals surface area contributed by atoms with Gasteiger partial charge in [0.1, 0.15) is 23.5 Å². The molecule has 0 bridgehead atoms. The molecule has 1 amide bonds. The maximum atomic E-state index is 12.5. The molecule has 1 unspecified atom stereocenters. The third kappa shape index (κ3) is 3.84. The van der Waals surface area contributed by atoms with Crippen LogP contribution in [0.3, 0.4) is 0 Å². The average molecular weight is 413 g/mol. The molecule has 10 heteroatoms. The predicted molar refractivity (Wildman–Crippen MR) is 107 cm³/mol. The van der Waals surface area contributed by atoms with Crippen LogP contribution < -0.4 is 15.1 Å². The number of fused-ring (bicyclic) bond motifs is 1. The Bertz CT molecular complexity index is 977. The van der Waals surface area contributed by atoms with E-state index in [1.54, 1.807) is 23.1 Å². The minimum Gasteiger partial charge on any atom is -0.669 e. The lowest BCUT2D eigenvalue weighted by atomic mass is 9.70. The summed E-state index contributed by atoms with van der Waals surface area (Å²) in [5, 5.41) is 29.2. The first kappa shape index (κ1) is 20.2. The number of aryl methyl sites for hydroxylation is 1. The van der Waals surface area contributed by atoms with Gasteiger partial charge in [-0.2, -0.15) is 0 Å². The van der Waals surface area contributed by atoms with Gasteiger partial charge in [0.15, 0.2) is 0 Å². The van der Waals surface area contributed by atoms with E-state index in [9.17, 15) is 24.7 Å². The van der Waals surface area contributed by atoms with E-state index in [4.69, 9.17) is 15.1 Å². The Balaban J connectivity index is 1.45. The van der Waals surface area contributed by atoms with Crippen molar-refractivity contribution in [3.8, 4) is 11.5 Å². The van der Waals surface area contributed by atoms with E-state index in [0.717, 1.165) is 0 Å². The van der Waals surface area contributed by atoms with Gasteiger partial charge in [0, 0.05) is 0 Å². The molecular weight excluding hydrogens is 391 g/mol. The fourth-order valence-corrected chi connectivity index (χ4v) is 3.70. The molecule has 2 aromatic carbocycles. The van der Waals surface area contributed by atoms with E-state index in [0.29, 0.717) is 11.1 Å². The van der Waals surface area contributed by atoms with Crippen molar-refractivity contribution in [2.75, 3.05) is 13.1 Å².